The van der Waals surface area contributed by atoms with E-state index in [1.165, 1.54) is 109 Å². The molecule has 3 unspecified atom stereocenters. The van der Waals surface area contributed by atoms with Crippen LogP contribution in [0.2, 0.25) is 0 Å². The Morgan fingerprint density at radius 2 is 0.845 bits per heavy atom. The Kier molecular flexibility index (Phi) is 50.0. The van der Waals surface area contributed by atoms with Crippen LogP contribution in [0, 0.1) is 0 Å². The maximum Gasteiger partial charge on any atom is 0.268 e. The van der Waals surface area contributed by atoms with Crippen molar-refractivity contribution in [2.75, 3.05) is 40.9 Å². The number of rotatable bonds is 51. The average Bonchev–Trinajstić information content (AvgIpc) is 3.33. The van der Waals surface area contributed by atoms with Crippen LogP contribution in [0.15, 0.2) is 109 Å². The molecule has 0 aromatic heterocycles. The Morgan fingerprint density at radius 3 is 1.20 bits per heavy atom. The van der Waals surface area contributed by atoms with E-state index in [0.29, 0.717) is 23.9 Å². The van der Waals surface area contributed by atoms with Crippen LogP contribution in [0.4, 0.5) is 0 Å². The van der Waals surface area contributed by atoms with Crippen molar-refractivity contribution < 1.29 is 32.9 Å². The first kappa shape index (κ1) is 68.2. The number of hydrogen-bond acceptors (Lipinski definition) is 6. The monoisotopic (exact) mass is 1010 g/mol. The molecule has 0 radical (unpaired) electrons. The van der Waals surface area contributed by atoms with Crippen LogP contribution in [0.3, 0.4) is 0 Å². The summed E-state index contributed by atoms with van der Waals surface area (Å²) in [4.78, 5) is 25.5. The Bertz CT molecular complexity index is 1520. The lowest BCUT2D eigenvalue weighted by Gasteiger charge is -2.30. The molecule has 0 fully saturated rings. The van der Waals surface area contributed by atoms with E-state index in [0.717, 1.165) is 83.5 Å². The number of hydrogen-bond donors (Lipinski definition) is 2. The molecule has 0 rings (SSSR count). The largest absolute Gasteiger partial charge is 0.756 e. The van der Waals surface area contributed by atoms with Crippen molar-refractivity contribution in [3.8, 4) is 0 Å². The molecule has 0 aromatic rings. The molecule has 0 spiro atoms. The number of nitrogens with one attached hydrogen (secondary N) is 1. The van der Waals surface area contributed by atoms with E-state index < -0.39 is 20.0 Å². The molecular weight excluding hydrogens is 900 g/mol. The lowest BCUT2D eigenvalue weighted by Crippen LogP contribution is -2.46. The number of phosphoric acid groups is 1. The quantitative estimate of drug-likeness (QED) is 0.0272. The van der Waals surface area contributed by atoms with Gasteiger partial charge in [0.1, 0.15) is 13.2 Å². The van der Waals surface area contributed by atoms with E-state index in [-0.39, 0.29) is 25.5 Å². The third kappa shape index (κ3) is 54.8. The zero-order chi connectivity index (χ0) is 52.0. The second-order valence-corrected chi connectivity index (χ2v) is 21.7. The number of nitrogens with zero attached hydrogens (tertiary/aromatic N) is 1. The fourth-order valence-electron chi connectivity index (χ4n) is 7.81. The van der Waals surface area contributed by atoms with Gasteiger partial charge in [-0.15, -0.1) is 0 Å². The van der Waals surface area contributed by atoms with Gasteiger partial charge in [-0.25, -0.2) is 0 Å². The Labute approximate surface area is 438 Å². The van der Waals surface area contributed by atoms with Crippen LogP contribution in [-0.2, 0) is 18.4 Å². The smallest absolute Gasteiger partial charge is 0.268 e. The SMILES string of the molecule is CC/C=C\C/C=C\C/C=C\C/C=C\C/C=C\C/C=C\C/C=C\C/C=C\C/C=C\CCCC(=O)NC(COP(=O)([O-])OCC[N+](C)(C)C)C(O)CCCCCCCCCCCCCCCCCCCCCC. The van der Waals surface area contributed by atoms with Crippen molar-refractivity contribution in [3.05, 3.63) is 109 Å². The summed E-state index contributed by atoms with van der Waals surface area (Å²) in [5.74, 6) is -0.225. The zero-order valence-electron chi connectivity index (χ0n) is 46.4. The van der Waals surface area contributed by atoms with Gasteiger partial charge in [0.05, 0.1) is 39.9 Å². The van der Waals surface area contributed by atoms with E-state index in [2.05, 4.69) is 129 Å². The van der Waals surface area contributed by atoms with E-state index in [4.69, 9.17) is 9.05 Å². The van der Waals surface area contributed by atoms with Gasteiger partial charge < -0.3 is 28.8 Å². The summed E-state index contributed by atoms with van der Waals surface area (Å²) < 4.78 is 23.4. The third-order valence-electron chi connectivity index (χ3n) is 12.3. The van der Waals surface area contributed by atoms with E-state index in [1.54, 1.807) is 0 Å². The molecule has 0 aliphatic rings. The van der Waals surface area contributed by atoms with Gasteiger partial charge in [0, 0.05) is 6.42 Å². The van der Waals surface area contributed by atoms with Gasteiger partial charge in [-0.1, -0.05) is 252 Å². The minimum absolute atomic E-state index is 0.00462. The summed E-state index contributed by atoms with van der Waals surface area (Å²) in [7, 11) is 1.25. The van der Waals surface area contributed by atoms with Gasteiger partial charge in [0.15, 0.2) is 0 Å². The second-order valence-electron chi connectivity index (χ2n) is 20.3. The highest BCUT2D eigenvalue weighted by Gasteiger charge is 2.24. The minimum atomic E-state index is -4.60. The highest BCUT2D eigenvalue weighted by atomic mass is 31.2. The molecular formula is C62H109N2O6P. The highest BCUT2D eigenvalue weighted by molar-refractivity contribution is 7.45. The van der Waals surface area contributed by atoms with Gasteiger partial charge >= 0.3 is 0 Å². The third-order valence-corrected chi connectivity index (χ3v) is 13.2. The molecule has 0 aliphatic heterocycles. The van der Waals surface area contributed by atoms with Gasteiger partial charge in [-0.2, -0.15) is 0 Å². The van der Waals surface area contributed by atoms with E-state index in [9.17, 15) is 19.4 Å². The molecule has 0 aromatic carbocycles. The van der Waals surface area contributed by atoms with Crippen LogP contribution < -0.4 is 10.2 Å². The maximum absolute atomic E-state index is 13.0. The number of aliphatic hydroxyl groups excluding tert-OH is 1. The van der Waals surface area contributed by atoms with Crippen LogP contribution in [0.1, 0.15) is 226 Å². The lowest BCUT2D eigenvalue weighted by atomic mass is 10.0. The Balaban J connectivity index is 4.34. The fourth-order valence-corrected chi connectivity index (χ4v) is 8.53. The molecule has 0 bridgehead atoms. The van der Waals surface area contributed by atoms with Crippen LogP contribution in [0.5, 0.6) is 0 Å². The summed E-state index contributed by atoms with van der Waals surface area (Å²) in [5.41, 5.74) is 0. The summed E-state index contributed by atoms with van der Waals surface area (Å²) in [6.45, 7) is 4.57. The number of amides is 1. The average molecular weight is 1010 g/mol. The molecule has 0 saturated heterocycles. The van der Waals surface area contributed by atoms with Gasteiger partial charge in [-0.05, 0) is 77.0 Å². The molecule has 71 heavy (non-hydrogen) atoms. The zero-order valence-corrected chi connectivity index (χ0v) is 47.3. The summed E-state index contributed by atoms with van der Waals surface area (Å²) in [6, 6.07) is -0.840. The van der Waals surface area contributed by atoms with Gasteiger partial charge in [0.2, 0.25) is 5.91 Å². The predicted molar refractivity (Wildman–Crippen MR) is 306 cm³/mol. The number of allylic oxidation sites excluding steroid dienone is 18. The van der Waals surface area contributed by atoms with Crippen molar-refractivity contribution in [2.24, 2.45) is 0 Å². The predicted octanol–water partition coefficient (Wildman–Crippen LogP) is 17.0. The molecule has 9 heteroatoms. The molecule has 2 N–H and O–H groups in total. The fraction of sp³-hybridized carbons (Fsp3) is 0.694. The van der Waals surface area contributed by atoms with Crippen LogP contribution in [-0.4, -0.2) is 68.5 Å². The van der Waals surface area contributed by atoms with E-state index >= 15 is 0 Å². The number of quaternary nitrogens is 1. The summed E-state index contributed by atoms with van der Waals surface area (Å²) >= 11 is 0. The number of unbranched alkanes of at least 4 members (excludes halogenated alkanes) is 20. The number of carbonyl (C=O) groups is 1. The minimum Gasteiger partial charge on any atom is -0.756 e. The standard InChI is InChI=1S/C62H109N2O6P/c1-6-8-10-12-14-16-18-20-22-24-26-28-29-30-31-32-33-34-35-36-38-40-42-44-46-48-50-52-54-56-62(66)63-60(59-70-71(67,68)69-58-57-64(3,4)5)61(65)55-53-51-49-47-45-43-41-39-37-27-25-23-21-19-17-15-13-11-9-7-2/h8,10,14,16,20,22,26,28,30-31,33-34,36,38,42,44,48,50,60-61,65H,6-7,9,11-13,15,17-19,21,23-25,27,29,32,35,37,39-41,43,45-47,49,51-59H2,1-5H3,(H-,63,66,67,68)/b10-8-,16-14-,22-20-,28-26-,31-30-,34-33-,38-36-,44-42-,50-48-. The van der Waals surface area contributed by atoms with Crippen LogP contribution in [0.25, 0.3) is 0 Å². The molecule has 3 atom stereocenters. The topological polar surface area (TPSA) is 108 Å². The van der Waals surface area contributed by atoms with Crippen molar-refractivity contribution in [2.45, 2.75) is 238 Å². The lowest BCUT2D eigenvalue weighted by molar-refractivity contribution is -0.870. The van der Waals surface area contributed by atoms with Gasteiger partial charge in [0.25, 0.3) is 7.82 Å². The van der Waals surface area contributed by atoms with E-state index in [1.807, 2.05) is 21.1 Å². The molecule has 0 aliphatic carbocycles. The molecule has 0 heterocycles. The van der Waals surface area contributed by atoms with Crippen molar-refractivity contribution in [1.29, 1.82) is 0 Å². The first-order valence-corrected chi connectivity index (χ1v) is 30.2. The Morgan fingerprint density at radius 1 is 0.507 bits per heavy atom. The maximum atomic E-state index is 13.0. The van der Waals surface area contributed by atoms with Crippen LogP contribution >= 0.6 is 7.82 Å². The van der Waals surface area contributed by atoms with Crippen molar-refractivity contribution in [1.82, 2.24) is 5.32 Å². The molecule has 408 valence electrons. The first-order chi connectivity index (χ1) is 34.5. The number of carbonyl (C=O) groups excluding carboxylic acids is 1. The molecule has 8 nitrogen and oxygen atoms in total. The number of aliphatic hydroxyl groups is 1. The molecule has 0 saturated carbocycles. The van der Waals surface area contributed by atoms with Crippen molar-refractivity contribution >= 4 is 13.7 Å². The normalized spacial score (nSPS) is 14.7. The van der Waals surface area contributed by atoms with Crippen molar-refractivity contribution in [3.63, 3.8) is 0 Å². The highest BCUT2D eigenvalue weighted by Crippen LogP contribution is 2.38. The Hall–Kier alpha value is -2.84. The second kappa shape index (κ2) is 52.0. The van der Waals surface area contributed by atoms with Gasteiger partial charge in [-0.3, -0.25) is 9.36 Å². The summed E-state index contributed by atoms with van der Waals surface area (Å²) in [6.07, 6.45) is 75.5. The summed E-state index contributed by atoms with van der Waals surface area (Å²) in [5, 5.41) is 14.0. The molecule has 1 amide bonds. The number of phosphoric ester groups is 1. The first-order valence-electron chi connectivity index (χ1n) is 28.7. The number of likely N-dealkylation sites (N-methyl/N-ethyl adjacent to an activating group) is 1.